The molecule has 1 rings (SSSR count). The molecule has 0 N–H and O–H groups in total. The molecule has 1 heteroatoms. The van der Waals surface area contributed by atoms with Gasteiger partial charge in [-0.3, -0.25) is 0 Å². The fourth-order valence-electron chi connectivity index (χ4n) is 2.15. The van der Waals surface area contributed by atoms with Crippen molar-refractivity contribution in [2.45, 2.75) is 80.2 Å². The number of nitrogens with zero attached hydrogens (tertiary/aromatic N) is 1. The molecular weight excluding hydrogens is 194 g/mol. The summed E-state index contributed by atoms with van der Waals surface area (Å²) in [7, 11) is 0. The number of unbranched alkanes of at least 4 members (excludes halogenated alkanes) is 1. The Morgan fingerprint density at radius 2 is 1.62 bits per heavy atom. The van der Waals surface area contributed by atoms with Gasteiger partial charge in [-0.1, -0.05) is 48.0 Å². The minimum Gasteiger partial charge on any atom is -0.301 e. The summed E-state index contributed by atoms with van der Waals surface area (Å²) in [6.45, 7) is 17.7. The molecule has 0 aliphatic carbocycles. The molecule has 1 saturated heterocycles. The van der Waals surface area contributed by atoms with Crippen molar-refractivity contribution < 1.29 is 0 Å². The first kappa shape index (κ1) is 18.3. The predicted octanol–water partition coefficient (Wildman–Crippen LogP) is 4.96. The first-order valence-electron chi connectivity index (χ1n) is 7.48. The summed E-state index contributed by atoms with van der Waals surface area (Å²) in [5.74, 6) is 0.956. The van der Waals surface area contributed by atoms with Gasteiger partial charge in [-0.25, -0.2) is 0 Å². The van der Waals surface area contributed by atoms with Crippen LogP contribution in [0.15, 0.2) is 0 Å². The van der Waals surface area contributed by atoms with Crippen LogP contribution in [0.5, 0.6) is 0 Å². The Morgan fingerprint density at radius 1 is 1.06 bits per heavy atom. The molecule has 0 aromatic carbocycles. The summed E-state index contributed by atoms with van der Waals surface area (Å²) < 4.78 is 0. The Labute approximate surface area is 105 Å². The first-order valence-corrected chi connectivity index (χ1v) is 7.48. The van der Waals surface area contributed by atoms with Crippen LogP contribution in [0, 0.1) is 5.92 Å². The lowest BCUT2D eigenvalue weighted by Crippen LogP contribution is -2.40. The van der Waals surface area contributed by atoms with E-state index >= 15 is 0 Å². The van der Waals surface area contributed by atoms with E-state index in [0.29, 0.717) is 0 Å². The van der Waals surface area contributed by atoms with Crippen LogP contribution in [0.3, 0.4) is 0 Å². The largest absolute Gasteiger partial charge is 0.301 e. The van der Waals surface area contributed by atoms with Gasteiger partial charge >= 0.3 is 0 Å². The van der Waals surface area contributed by atoms with Crippen LogP contribution in [0.2, 0.25) is 0 Å². The number of hydrogen-bond acceptors (Lipinski definition) is 1. The quantitative estimate of drug-likeness (QED) is 0.661. The Morgan fingerprint density at radius 3 is 2.06 bits per heavy atom. The summed E-state index contributed by atoms with van der Waals surface area (Å²) in [6.07, 6.45) is 5.52. The number of rotatable bonds is 3. The van der Waals surface area contributed by atoms with Crippen LogP contribution in [-0.4, -0.2) is 24.0 Å². The minimum atomic E-state index is 0.834. The normalized spacial score (nSPS) is 24.9. The molecule has 0 aromatic rings. The molecule has 0 spiro atoms. The van der Waals surface area contributed by atoms with Gasteiger partial charge in [0.2, 0.25) is 0 Å². The summed E-state index contributed by atoms with van der Waals surface area (Å²) in [5, 5.41) is 0. The van der Waals surface area contributed by atoms with Gasteiger partial charge in [0, 0.05) is 6.04 Å². The number of piperidine rings is 1. The van der Waals surface area contributed by atoms with E-state index in [1.165, 1.54) is 38.8 Å². The topological polar surface area (TPSA) is 3.24 Å². The van der Waals surface area contributed by atoms with Crippen molar-refractivity contribution in [2.24, 2.45) is 5.92 Å². The number of hydrogen-bond donors (Lipinski definition) is 0. The fourth-order valence-corrected chi connectivity index (χ4v) is 2.15. The van der Waals surface area contributed by atoms with Gasteiger partial charge in [-0.05, 0) is 45.2 Å². The van der Waals surface area contributed by atoms with Crippen molar-refractivity contribution in [1.29, 1.82) is 0 Å². The highest BCUT2D eigenvalue weighted by Crippen LogP contribution is 2.21. The zero-order valence-corrected chi connectivity index (χ0v) is 12.8. The lowest BCUT2D eigenvalue weighted by molar-refractivity contribution is 0.128. The zero-order valence-electron chi connectivity index (χ0n) is 12.8. The van der Waals surface area contributed by atoms with Crippen molar-refractivity contribution in [3.05, 3.63) is 0 Å². The molecule has 1 aliphatic heterocycles. The minimum absolute atomic E-state index is 0.834. The van der Waals surface area contributed by atoms with E-state index in [9.17, 15) is 0 Å². The zero-order chi connectivity index (χ0) is 13.0. The summed E-state index contributed by atoms with van der Waals surface area (Å²) in [5.41, 5.74) is 0. The average molecular weight is 229 g/mol. The van der Waals surface area contributed by atoms with Gasteiger partial charge in [-0.2, -0.15) is 0 Å². The van der Waals surface area contributed by atoms with Crippen molar-refractivity contribution >= 4 is 0 Å². The van der Waals surface area contributed by atoms with E-state index in [4.69, 9.17) is 0 Å². The molecule has 0 radical (unpaired) electrons. The van der Waals surface area contributed by atoms with Gasteiger partial charge < -0.3 is 4.90 Å². The molecule has 0 aromatic heterocycles. The molecule has 100 valence electrons. The van der Waals surface area contributed by atoms with Gasteiger partial charge in [0.1, 0.15) is 0 Å². The molecule has 16 heavy (non-hydrogen) atoms. The molecule has 0 bridgehead atoms. The smallest absolute Gasteiger partial charge is 0.00694 e. The van der Waals surface area contributed by atoms with E-state index < -0.39 is 0 Å². The van der Waals surface area contributed by atoms with E-state index in [1.54, 1.807) is 0 Å². The van der Waals surface area contributed by atoms with Crippen LogP contribution in [0.4, 0.5) is 0 Å². The molecule has 2 atom stereocenters. The second-order valence-electron chi connectivity index (χ2n) is 4.37. The summed E-state index contributed by atoms with van der Waals surface area (Å²) >= 11 is 0. The van der Waals surface area contributed by atoms with Crippen LogP contribution in [0.25, 0.3) is 0 Å². The second-order valence-corrected chi connectivity index (χ2v) is 4.37. The molecule has 0 saturated carbocycles. The van der Waals surface area contributed by atoms with Gasteiger partial charge in [0.05, 0.1) is 0 Å². The maximum Gasteiger partial charge on any atom is 0.00694 e. The Hall–Kier alpha value is -0.0400. The third-order valence-corrected chi connectivity index (χ3v) is 3.07. The van der Waals surface area contributed by atoms with E-state index in [1.807, 2.05) is 27.7 Å². The van der Waals surface area contributed by atoms with Gasteiger partial charge in [-0.15, -0.1) is 0 Å². The maximum absolute atomic E-state index is 2.66. The first-order chi connectivity index (χ1) is 7.74. The van der Waals surface area contributed by atoms with E-state index in [2.05, 4.69) is 25.7 Å². The lowest BCUT2D eigenvalue weighted by Gasteiger charge is -2.36. The van der Waals surface area contributed by atoms with E-state index in [0.717, 1.165) is 12.0 Å². The Bertz CT molecular complexity index is 121. The predicted molar refractivity (Wildman–Crippen MR) is 77.0 cm³/mol. The van der Waals surface area contributed by atoms with Crippen molar-refractivity contribution in [3.63, 3.8) is 0 Å². The number of likely N-dealkylation sites (tertiary alicyclic amines) is 1. The molecular formula is C15H35N. The standard InChI is InChI=1S/C11H23N.2C2H6/c1-4-5-7-12-8-6-10(2)9-11(12)3;2*1-2/h10-11H,4-9H2,1-3H3;2*1-2H3. The van der Waals surface area contributed by atoms with Gasteiger partial charge in [0.15, 0.2) is 0 Å². The third kappa shape index (κ3) is 8.15. The highest BCUT2D eigenvalue weighted by Gasteiger charge is 2.21. The van der Waals surface area contributed by atoms with Crippen molar-refractivity contribution in [2.75, 3.05) is 13.1 Å². The summed E-state index contributed by atoms with van der Waals surface area (Å²) in [6, 6.07) is 0.834. The van der Waals surface area contributed by atoms with E-state index in [-0.39, 0.29) is 0 Å². The second kappa shape index (κ2) is 13.0. The SMILES string of the molecule is CC.CC.CCCCN1CCC(C)CC1C. The fraction of sp³-hybridized carbons (Fsp3) is 1.00. The Balaban J connectivity index is 0. The highest BCUT2D eigenvalue weighted by atomic mass is 15.2. The maximum atomic E-state index is 2.66. The van der Waals surface area contributed by atoms with Crippen LogP contribution in [0.1, 0.15) is 74.1 Å². The molecule has 1 heterocycles. The van der Waals surface area contributed by atoms with Crippen molar-refractivity contribution in [1.82, 2.24) is 4.90 Å². The molecule has 2 unspecified atom stereocenters. The van der Waals surface area contributed by atoms with Crippen LogP contribution < -0.4 is 0 Å². The summed E-state index contributed by atoms with van der Waals surface area (Å²) in [4.78, 5) is 2.66. The third-order valence-electron chi connectivity index (χ3n) is 3.07. The molecule has 1 nitrogen and oxygen atoms in total. The van der Waals surface area contributed by atoms with Crippen molar-refractivity contribution in [3.8, 4) is 0 Å². The highest BCUT2D eigenvalue weighted by molar-refractivity contribution is 4.76. The van der Waals surface area contributed by atoms with Crippen LogP contribution >= 0.6 is 0 Å². The molecule has 0 amide bonds. The molecule has 1 fully saturated rings. The molecule has 1 aliphatic rings. The van der Waals surface area contributed by atoms with Crippen LogP contribution in [-0.2, 0) is 0 Å². The lowest BCUT2D eigenvalue weighted by atomic mass is 9.93. The van der Waals surface area contributed by atoms with Gasteiger partial charge in [0.25, 0.3) is 0 Å². The monoisotopic (exact) mass is 229 g/mol. The Kier molecular flexibility index (Phi) is 14.9. The average Bonchev–Trinajstić information content (AvgIpc) is 2.33.